The highest BCUT2D eigenvalue weighted by atomic mass is 32.2. The molecule has 1 amide bonds. The molecule has 0 bridgehead atoms. The van der Waals surface area contributed by atoms with E-state index in [0.717, 1.165) is 16.6 Å². The van der Waals surface area contributed by atoms with Crippen LogP contribution in [0.5, 0.6) is 0 Å². The number of rotatable bonds is 9. The maximum atomic E-state index is 13.5. The number of amides is 1. The topological polar surface area (TPSA) is 79.4 Å². The van der Waals surface area contributed by atoms with Crippen LogP contribution in [0.15, 0.2) is 53.4 Å². The summed E-state index contributed by atoms with van der Waals surface area (Å²) in [6.45, 7) is 8.19. The SMILES string of the molecule is CCS(=O)(=O)c1ccc(CC(=O)Nc2nc3c(s2)CN([C@@H](C)Cc2ccccc2C(F)(F)F)[C@@H]3C(C)C)cc1. The summed E-state index contributed by atoms with van der Waals surface area (Å²) in [6, 6.07) is 11.8. The minimum atomic E-state index is -4.40. The van der Waals surface area contributed by atoms with Gasteiger partial charge < -0.3 is 5.32 Å². The Kier molecular flexibility index (Phi) is 8.53. The monoisotopic (exact) mass is 579 g/mol. The molecule has 0 radical (unpaired) electrons. The molecule has 3 aromatic rings. The molecule has 1 aliphatic rings. The number of carbonyl (C=O) groups excluding carboxylic acids is 1. The molecule has 210 valence electrons. The molecule has 0 aliphatic carbocycles. The van der Waals surface area contributed by atoms with Crippen molar-refractivity contribution in [2.75, 3.05) is 11.1 Å². The molecule has 1 aromatic heterocycles. The van der Waals surface area contributed by atoms with Gasteiger partial charge in [-0.3, -0.25) is 9.69 Å². The molecule has 1 N–H and O–H groups in total. The first-order chi connectivity index (χ1) is 18.3. The summed E-state index contributed by atoms with van der Waals surface area (Å²) in [7, 11) is -3.30. The predicted molar refractivity (Wildman–Crippen MR) is 146 cm³/mol. The van der Waals surface area contributed by atoms with Crippen LogP contribution in [-0.2, 0) is 40.2 Å². The summed E-state index contributed by atoms with van der Waals surface area (Å²) in [5, 5.41) is 3.33. The molecular weight excluding hydrogens is 547 g/mol. The van der Waals surface area contributed by atoms with Gasteiger partial charge in [0.05, 0.1) is 34.4 Å². The Balaban J connectivity index is 1.44. The lowest BCUT2D eigenvalue weighted by atomic mass is 9.96. The highest BCUT2D eigenvalue weighted by molar-refractivity contribution is 7.91. The third kappa shape index (κ3) is 6.53. The number of hydrogen-bond acceptors (Lipinski definition) is 6. The van der Waals surface area contributed by atoms with Gasteiger partial charge in [0.15, 0.2) is 15.0 Å². The van der Waals surface area contributed by atoms with Crippen molar-refractivity contribution in [1.29, 1.82) is 0 Å². The van der Waals surface area contributed by atoms with Crippen molar-refractivity contribution in [3.8, 4) is 0 Å². The van der Waals surface area contributed by atoms with Crippen molar-refractivity contribution in [2.24, 2.45) is 5.92 Å². The average molecular weight is 580 g/mol. The molecule has 1 aliphatic heterocycles. The molecule has 0 spiro atoms. The molecule has 4 rings (SSSR count). The normalized spacial score (nSPS) is 16.9. The number of nitrogens with zero attached hydrogens (tertiary/aromatic N) is 2. The number of halogens is 3. The molecule has 0 saturated heterocycles. The number of benzene rings is 2. The number of sulfone groups is 1. The minimum Gasteiger partial charge on any atom is -0.302 e. The average Bonchev–Trinajstić information content (AvgIpc) is 3.41. The van der Waals surface area contributed by atoms with Gasteiger partial charge in [-0.2, -0.15) is 13.2 Å². The number of aromatic nitrogens is 1. The second kappa shape index (κ2) is 11.4. The van der Waals surface area contributed by atoms with Crippen LogP contribution in [0.4, 0.5) is 18.3 Å². The van der Waals surface area contributed by atoms with Gasteiger partial charge in [0.25, 0.3) is 0 Å². The van der Waals surface area contributed by atoms with Crippen molar-refractivity contribution >= 4 is 32.2 Å². The standard InChI is InChI=1S/C28H32F3N3O3S2/c1-5-39(36,37)21-12-10-19(11-13-21)15-24(35)32-27-33-25-23(38-27)16-34(26(25)17(2)3)18(4)14-20-8-6-7-9-22(20)28(29,30)31/h6-13,17-18,26H,5,14-16H2,1-4H3,(H,32,33,35)/t18-,26+/m0/s1. The van der Waals surface area contributed by atoms with Crippen molar-refractivity contribution in [3.05, 3.63) is 75.8 Å². The van der Waals surface area contributed by atoms with Gasteiger partial charge in [0.2, 0.25) is 5.91 Å². The Morgan fingerprint density at radius 3 is 2.41 bits per heavy atom. The van der Waals surface area contributed by atoms with Gasteiger partial charge in [-0.05, 0) is 48.6 Å². The van der Waals surface area contributed by atoms with E-state index in [4.69, 9.17) is 4.98 Å². The van der Waals surface area contributed by atoms with E-state index in [-0.39, 0.29) is 53.0 Å². The summed E-state index contributed by atoms with van der Waals surface area (Å²) >= 11 is 1.38. The third-order valence-corrected chi connectivity index (χ3v) is 9.72. The molecule has 0 fully saturated rings. The maximum Gasteiger partial charge on any atom is 0.416 e. The summed E-state index contributed by atoms with van der Waals surface area (Å²) in [6.07, 6.45) is -4.07. The fraction of sp³-hybridized carbons (Fsp3) is 0.429. The lowest BCUT2D eigenvalue weighted by Gasteiger charge is -2.33. The number of nitrogens with one attached hydrogen (secondary N) is 1. The smallest absolute Gasteiger partial charge is 0.302 e. The van der Waals surface area contributed by atoms with Gasteiger partial charge >= 0.3 is 6.18 Å². The Morgan fingerprint density at radius 1 is 1.13 bits per heavy atom. The van der Waals surface area contributed by atoms with Gasteiger partial charge in [0, 0.05) is 17.5 Å². The number of fused-ring (bicyclic) bond motifs is 1. The van der Waals surface area contributed by atoms with Gasteiger partial charge in [0.1, 0.15) is 0 Å². The molecule has 0 saturated carbocycles. The first-order valence-electron chi connectivity index (χ1n) is 12.8. The lowest BCUT2D eigenvalue weighted by molar-refractivity contribution is -0.138. The Bertz CT molecular complexity index is 1430. The van der Waals surface area contributed by atoms with E-state index in [9.17, 15) is 26.4 Å². The van der Waals surface area contributed by atoms with Crippen LogP contribution < -0.4 is 5.32 Å². The summed E-state index contributed by atoms with van der Waals surface area (Å²) < 4.78 is 64.6. The zero-order valence-corrected chi connectivity index (χ0v) is 23.9. The number of carbonyl (C=O) groups is 1. The summed E-state index contributed by atoms with van der Waals surface area (Å²) in [5.41, 5.74) is 1.22. The maximum absolute atomic E-state index is 13.5. The largest absolute Gasteiger partial charge is 0.416 e. The van der Waals surface area contributed by atoms with E-state index in [2.05, 4.69) is 24.1 Å². The van der Waals surface area contributed by atoms with Crippen LogP contribution in [-0.4, -0.2) is 36.0 Å². The second-order valence-electron chi connectivity index (χ2n) is 10.2. The molecule has 2 atom stereocenters. The van der Waals surface area contributed by atoms with E-state index < -0.39 is 21.6 Å². The van der Waals surface area contributed by atoms with Crippen LogP contribution in [0.2, 0.25) is 0 Å². The van der Waals surface area contributed by atoms with Gasteiger partial charge in [-0.1, -0.05) is 51.1 Å². The molecule has 6 nitrogen and oxygen atoms in total. The van der Waals surface area contributed by atoms with Crippen molar-refractivity contribution in [3.63, 3.8) is 0 Å². The van der Waals surface area contributed by atoms with E-state index >= 15 is 0 Å². The highest BCUT2D eigenvalue weighted by Gasteiger charge is 2.39. The van der Waals surface area contributed by atoms with Crippen molar-refractivity contribution in [2.45, 2.75) is 70.2 Å². The minimum absolute atomic E-state index is 0.00990. The quantitative estimate of drug-likeness (QED) is 0.323. The van der Waals surface area contributed by atoms with Crippen molar-refractivity contribution < 1.29 is 26.4 Å². The van der Waals surface area contributed by atoms with E-state index in [1.165, 1.54) is 35.6 Å². The lowest BCUT2D eigenvalue weighted by Crippen LogP contribution is -2.36. The Labute approximate surface area is 231 Å². The van der Waals surface area contributed by atoms with E-state index in [1.807, 2.05) is 6.92 Å². The van der Waals surface area contributed by atoms with Crippen LogP contribution in [0.1, 0.15) is 61.0 Å². The van der Waals surface area contributed by atoms with Crippen LogP contribution >= 0.6 is 11.3 Å². The Hall–Kier alpha value is -2.76. The van der Waals surface area contributed by atoms with Crippen molar-refractivity contribution in [1.82, 2.24) is 9.88 Å². The summed E-state index contributed by atoms with van der Waals surface area (Å²) in [4.78, 5) is 20.8. The third-order valence-electron chi connectivity index (χ3n) is 7.00. The molecule has 11 heteroatoms. The first kappa shape index (κ1) is 29.2. The number of alkyl halides is 3. The van der Waals surface area contributed by atoms with E-state index in [0.29, 0.717) is 17.2 Å². The molecule has 39 heavy (non-hydrogen) atoms. The van der Waals surface area contributed by atoms with Crippen LogP contribution in [0.3, 0.4) is 0 Å². The molecule has 2 aromatic carbocycles. The number of anilines is 1. The van der Waals surface area contributed by atoms with Gasteiger partial charge in [-0.25, -0.2) is 13.4 Å². The zero-order chi connectivity index (χ0) is 28.5. The highest BCUT2D eigenvalue weighted by Crippen LogP contribution is 2.44. The van der Waals surface area contributed by atoms with Gasteiger partial charge in [-0.15, -0.1) is 11.3 Å². The predicted octanol–water partition coefficient (Wildman–Crippen LogP) is 6.28. The zero-order valence-electron chi connectivity index (χ0n) is 22.2. The fourth-order valence-corrected chi connectivity index (χ4v) is 6.96. The Morgan fingerprint density at radius 2 is 1.79 bits per heavy atom. The molecular formula is C28H32F3N3O3S2. The molecule has 0 unspecified atom stereocenters. The van der Waals surface area contributed by atoms with E-state index in [1.54, 1.807) is 25.1 Å². The molecule has 2 heterocycles. The fourth-order valence-electron chi connectivity index (χ4n) is 5.05. The number of hydrogen-bond donors (Lipinski definition) is 1. The summed E-state index contributed by atoms with van der Waals surface area (Å²) in [5.74, 6) is -0.0885. The second-order valence-corrected chi connectivity index (χ2v) is 13.5. The number of thiazole rings is 1. The van der Waals surface area contributed by atoms with Crippen LogP contribution in [0.25, 0.3) is 0 Å². The van der Waals surface area contributed by atoms with Crippen LogP contribution in [0, 0.1) is 5.92 Å². The first-order valence-corrected chi connectivity index (χ1v) is 15.3.